The lowest BCUT2D eigenvalue weighted by Gasteiger charge is -2.42. The van der Waals surface area contributed by atoms with E-state index in [0.717, 1.165) is 49.0 Å². The van der Waals surface area contributed by atoms with Crippen LogP contribution in [-0.2, 0) is 5.41 Å². The van der Waals surface area contributed by atoms with E-state index >= 15 is 0 Å². The van der Waals surface area contributed by atoms with Crippen molar-refractivity contribution in [3.05, 3.63) is 141 Å². The Morgan fingerprint density at radius 2 is 1.33 bits per heavy atom. The van der Waals surface area contributed by atoms with Crippen LogP contribution in [0.2, 0.25) is 0 Å². The van der Waals surface area contributed by atoms with Gasteiger partial charge >= 0.3 is 0 Å². The molecule has 1 aliphatic heterocycles. The SMILES string of the molecule is Brc1ccc2c(c1)C1(c3ccccc3C=C2)c2ccccc2Oc2c1ccc1c2oc2ccccc21. The molecule has 0 amide bonds. The van der Waals surface area contributed by atoms with E-state index in [9.17, 15) is 0 Å². The summed E-state index contributed by atoms with van der Waals surface area (Å²) in [5.41, 5.74) is 8.09. The van der Waals surface area contributed by atoms with Crippen LogP contribution in [0.25, 0.3) is 34.1 Å². The van der Waals surface area contributed by atoms with E-state index in [1.54, 1.807) is 0 Å². The number of hydrogen-bond acceptors (Lipinski definition) is 2. The summed E-state index contributed by atoms with van der Waals surface area (Å²) in [6.45, 7) is 0. The van der Waals surface area contributed by atoms with Crippen molar-refractivity contribution in [1.82, 2.24) is 0 Å². The number of para-hydroxylation sites is 2. The van der Waals surface area contributed by atoms with Gasteiger partial charge in [0.05, 0.1) is 5.41 Å². The summed E-state index contributed by atoms with van der Waals surface area (Å²) >= 11 is 3.77. The Hall–Kier alpha value is -4.08. The molecule has 0 N–H and O–H groups in total. The summed E-state index contributed by atoms with van der Waals surface area (Å²) in [7, 11) is 0. The summed E-state index contributed by atoms with van der Waals surface area (Å²) in [5, 5.41) is 2.16. The molecule has 0 fully saturated rings. The minimum Gasteiger partial charge on any atom is -0.453 e. The van der Waals surface area contributed by atoms with Gasteiger partial charge < -0.3 is 9.15 Å². The first-order chi connectivity index (χ1) is 17.7. The molecule has 1 aromatic heterocycles. The van der Waals surface area contributed by atoms with Gasteiger partial charge in [0, 0.05) is 26.4 Å². The molecule has 0 radical (unpaired) electrons. The summed E-state index contributed by atoms with van der Waals surface area (Å²) in [5.74, 6) is 1.63. The molecular weight excluding hydrogens is 508 g/mol. The predicted octanol–water partition coefficient (Wildman–Crippen LogP) is 9.32. The Bertz CT molecular complexity index is 1890. The number of ether oxygens (including phenoxy) is 1. The van der Waals surface area contributed by atoms with Crippen LogP contribution in [0.15, 0.2) is 112 Å². The fourth-order valence-electron chi connectivity index (χ4n) is 6.17. The van der Waals surface area contributed by atoms with Gasteiger partial charge in [-0.05, 0) is 52.6 Å². The molecule has 1 unspecified atom stereocenters. The first kappa shape index (κ1) is 20.1. The molecule has 1 spiro atoms. The molecular formula is C33H19BrO2. The molecule has 2 heterocycles. The van der Waals surface area contributed by atoms with Gasteiger partial charge in [0.15, 0.2) is 11.3 Å². The van der Waals surface area contributed by atoms with E-state index < -0.39 is 5.41 Å². The first-order valence-corrected chi connectivity index (χ1v) is 12.8. The highest BCUT2D eigenvalue weighted by molar-refractivity contribution is 9.10. The van der Waals surface area contributed by atoms with Gasteiger partial charge in [0.1, 0.15) is 11.3 Å². The van der Waals surface area contributed by atoms with Crippen LogP contribution >= 0.6 is 15.9 Å². The number of benzene rings is 5. The van der Waals surface area contributed by atoms with E-state index in [2.05, 4.69) is 113 Å². The Labute approximate surface area is 216 Å². The largest absolute Gasteiger partial charge is 0.453 e. The third kappa shape index (κ3) is 2.51. The highest BCUT2D eigenvalue weighted by Gasteiger charge is 2.48. The van der Waals surface area contributed by atoms with Gasteiger partial charge in [-0.3, -0.25) is 0 Å². The van der Waals surface area contributed by atoms with Crippen molar-refractivity contribution in [3.8, 4) is 11.5 Å². The van der Waals surface area contributed by atoms with E-state index in [-0.39, 0.29) is 0 Å². The van der Waals surface area contributed by atoms with Crippen LogP contribution < -0.4 is 4.74 Å². The van der Waals surface area contributed by atoms with Crippen molar-refractivity contribution >= 4 is 50.0 Å². The lowest BCUT2D eigenvalue weighted by atomic mass is 9.62. The highest BCUT2D eigenvalue weighted by Crippen LogP contribution is 2.59. The molecule has 36 heavy (non-hydrogen) atoms. The molecule has 5 aromatic carbocycles. The monoisotopic (exact) mass is 526 g/mol. The van der Waals surface area contributed by atoms with Crippen molar-refractivity contribution in [2.45, 2.75) is 5.41 Å². The molecule has 1 aliphatic carbocycles. The van der Waals surface area contributed by atoms with Crippen LogP contribution in [0.4, 0.5) is 0 Å². The molecule has 2 aliphatic rings. The maximum atomic E-state index is 6.72. The lowest BCUT2D eigenvalue weighted by Crippen LogP contribution is -2.35. The second kappa shape index (κ2) is 7.22. The predicted molar refractivity (Wildman–Crippen MR) is 149 cm³/mol. The fraction of sp³-hybridized carbons (Fsp3) is 0.0303. The van der Waals surface area contributed by atoms with Crippen molar-refractivity contribution in [2.24, 2.45) is 0 Å². The lowest BCUT2D eigenvalue weighted by molar-refractivity contribution is 0.431. The van der Waals surface area contributed by atoms with Gasteiger partial charge in [-0.15, -0.1) is 0 Å². The Morgan fingerprint density at radius 1 is 0.583 bits per heavy atom. The third-order valence-corrected chi connectivity index (χ3v) is 8.13. The number of hydrogen-bond donors (Lipinski definition) is 0. The average Bonchev–Trinajstić information content (AvgIpc) is 3.24. The Kier molecular flexibility index (Phi) is 4.04. The van der Waals surface area contributed by atoms with E-state index in [1.807, 2.05) is 18.2 Å². The molecule has 0 saturated carbocycles. The second-order valence-electron chi connectivity index (χ2n) is 9.42. The van der Waals surface area contributed by atoms with Gasteiger partial charge in [-0.25, -0.2) is 0 Å². The van der Waals surface area contributed by atoms with Gasteiger partial charge in [-0.2, -0.15) is 0 Å². The highest BCUT2D eigenvalue weighted by atomic mass is 79.9. The molecule has 6 aromatic rings. The normalized spacial score (nSPS) is 17.2. The summed E-state index contributed by atoms with van der Waals surface area (Å²) in [6, 6.07) is 36.3. The summed E-state index contributed by atoms with van der Waals surface area (Å²) in [4.78, 5) is 0. The zero-order valence-electron chi connectivity index (χ0n) is 19.2. The van der Waals surface area contributed by atoms with Crippen molar-refractivity contribution in [1.29, 1.82) is 0 Å². The minimum absolute atomic E-state index is 0.587. The fourth-order valence-corrected chi connectivity index (χ4v) is 6.53. The number of halogens is 1. The van der Waals surface area contributed by atoms with Crippen LogP contribution in [0.5, 0.6) is 11.5 Å². The molecule has 1 atom stereocenters. The van der Waals surface area contributed by atoms with Crippen LogP contribution in [0.1, 0.15) is 33.4 Å². The van der Waals surface area contributed by atoms with Gasteiger partial charge in [-0.1, -0.05) is 101 Å². The molecule has 2 nitrogen and oxygen atoms in total. The topological polar surface area (TPSA) is 22.4 Å². The zero-order chi connectivity index (χ0) is 23.9. The van der Waals surface area contributed by atoms with Crippen LogP contribution in [-0.4, -0.2) is 0 Å². The van der Waals surface area contributed by atoms with Crippen LogP contribution in [0.3, 0.4) is 0 Å². The maximum Gasteiger partial charge on any atom is 0.178 e. The second-order valence-corrected chi connectivity index (χ2v) is 10.3. The smallest absolute Gasteiger partial charge is 0.178 e. The van der Waals surface area contributed by atoms with Crippen molar-refractivity contribution in [3.63, 3.8) is 0 Å². The number of fused-ring (bicyclic) bond motifs is 12. The standard InChI is InChI=1S/C33H19BrO2/c34-22-16-15-21-14-13-20-7-1-3-9-25(20)33(28(21)19-22)26-10-4-6-12-30(26)36-32-27(33)18-17-24-23-8-2-5-11-29(23)35-31(24)32/h1-19H. The van der Waals surface area contributed by atoms with Gasteiger partial charge in [0.2, 0.25) is 0 Å². The van der Waals surface area contributed by atoms with E-state index in [4.69, 9.17) is 9.15 Å². The van der Waals surface area contributed by atoms with Crippen molar-refractivity contribution < 1.29 is 9.15 Å². The average molecular weight is 527 g/mol. The number of rotatable bonds is 0. The van der Waals surface area contributed by atoms with Crippen molar-refractivity contribution in [2.75, 3.05) is 0 Å². The quantitative estimate of drug-likeness (QED) is 0.196. The van der Waals surface area contributed by atoms with Gasteiger partial charge in [0.25, 0.3) is 0 Å². The molecule has 8 rings (SSSR count). The molecule has 0 bridgehead atoms. The first-order valence-electron chi connectivity index (χ1n) is 12.0. The maximum absolute atomic E-state index is 6.72. The summed E-state index contributed by atoms with van der Waals surface area (Å²) in [6.07, 6.45) is 4.46. The third-order valence-electron chi connectivity index (χ3n) is 7.64. The Morgan fingerprint density at radius 3 is 2.25 bits per heavy atom. The molecule has 3 heteroatoms. The zero-order valence-corrected chi connectivity index (χ0v) is 20.8. The minimum atomic E-state index is -0.587. The van der Waals surface area contributed by atoms with E-state index in [1.165, 1.54) is 22.3 Å². The Balaban J connectivity index is 1.61. The van der Waals surface area contributed by atoms with Crippen LogP contribution in [0, 0.1) is 0 Å². The number of furan rings is 1. The molecule has 170 valence electrons. The molecule has 0 saturated heterocycles. The summed E-state index contributed by atoms with van der Waals surface area (Å²) < 4.78 is 14.2. The van der Waals surface area contributed by atoms with E-state index in [0.29, 0.717) is 0 Å².